The highest BCUT2D eigenvalue weighted by molar-refractivity contribution is 7.89. The lowest BCUT2D eigenvalue weighted by Crippen LogP contribution is -2.48. The van der Waals surface area contributed by atoms with Crippen LogP contribution in [0.4, 0.5) is 10.1 Å². The first-order valence-electron chi connectivity index (χ1n) is 11.8. The number of anilines is 1. The number of Topliss-reactive ketones (excluding diaryl/α,β-unsaturated/α-hetero) is 1. The molecule has 2 aliphatic rings. The molecule has 8 heteroatoms. The highest BCUT2D eigenvalue weighted by Crippen LogP contribution is 2.39. The van der Waals surface area contributed by atoms with Gasteiger partial charge in [-0.2, -0.15) is 4.31 Å². The molecule has 1 aliphatic heterocycles. The summed E-state index contributed by atoms with van der Waals surface area (Å²) < 4.78 is 42.2. The van der Waals surface area contributed by atoms with E-state index in [4.69, 9.17) is 0 Å². The van der Waals surface area contributed by atoms with Gasteiger partial charge in [-0.3, -0.25) is 4.79 Å². The second-order valence-electron chi connectivity index (χ2n) is 10.1. The van der Waals surface area contributed by atoms with E-state index >= 15 is 0 Å². The Morgan fingerprint density at radius 3 is 2.35 bits per heavy atom. The van der Waals surface area contributed by atoms with Crippen LogP contribution in [-0.4, -0.2) is 49.7 Å². The minimum atomic E-state index is -3.70. The summed E-state index contributed by atoms with van der Waals surface area (Å²) in [6.45, 7) is 7.89. The molecule has 1 N–H and O–H groups in total. The molecule has 0 unspecified atom stereocenters. The second-order valence-corrected chi connectivity index (χ2v) is 12.1. The van der Waals surface area contributed by atoms with Gasteiger partial charge in [0, 0.05) is 60.4 Å². The average molecular weight is 484 g/mol. The summed E-state index contributed by atoms with van der Waals surface area (Å²) in [5.74, 6) is -0.171. The summed E-state index contributed by atoms with van der Waals surface area (Å²) in [7, 11) is -3.70. The molecule has 1 saturated heterocycles. The largest absolute Gasteiger partial charge is 0.369 e. The number of aromatic amines is 1. The number of piperazine rings is 1. The molecule has 0 bridgehead atoms. The Balaban J connectivity index is 1.46. The predicted octanol–water partition coefficient (Wildman–Crippen LogP) is 4.54. The number of halogens is 1. The molecule has 2 aromatic carbocycles. The molecule has 1 aromatic heterocycles. The maximum atomic E-state index is 13.7. The van der Waals surface area contributed by atoms with Gasteiger partial charge in [0.1, 0.15) is 5.82 Å². The first-order valence-corrected chi connectivity index (χ1v) is 13.2. The van der Waals surface area contributed by atoms with E-state index in [2.05, 4.69) is 23.7 Å². The molecule has 180 valence electrons. The Bertz CT molecular complexity index is 1370. The van der Waals surface area contributed by atoms with E-state index in [0.29, 0.717) is 49.4 Å². The molecule has 0 atom stereocenters. The van der Waals surface area contributed by atoms with Gasteiger partial charge in [0.05, 0.1) is 4.90 Å². The SMILES string of the molecule is CCc1cc2c3c([nH]c2cc1S(=O)(=O)N1CCN(c2ccc(F)cc2)CC1)CC(C)(C)CC3=O. The highest BCUT2D eigenvalue weighted by Gasteiger charge is 2.35. The number of carbonyl (C=O) groups is 1. The third-order valence-electron chi connectivity index (χ3n) is 7.06. The molecule has 1 aliphatic carbocycles. The number of sulfonamides is 1. The van der Waals surface area contributed by atoms with Crippen molar-refractivity contribution in [3.8, 4) is 0 Å². The standard InChI is InChI=1S/C26H30FN3O3S/c1-4-17-13-20-21(28-22-15-26(2,3)16-23(31)25(20)22)14-24(17)34(32,33)30-11-9-29(10-12-30)19-7-5-18(27)6-8-19/h5-8,13-14,28H,4,9-12,15-16H2,1-3H3. The van der Waals surface area contributed by atoms with Crippen LogP contribution in [0.3, 0.4) is 0 Å². The molecule has 0 spiro atoms. The van der Waals surface area contributed by atoms with Gasteiger partial charge in [-0.05, 0) is 60.2 Å². The van der Waals surface area contributed by atoms with Crippen molar-refractivity contribution in [3.63, 3.8) is 0 Å². The van der Waals surface area contributed by atoms with E-state index in [9.17, 15) is 17.6 Å². The monoisotopic (exact) mass is 483 g/mol. The minimum Gasteiger partial charge on any atom is -0.369 e. The molecule has 2 heterocycles. The minimum absolute atomic E-state index is 0.113. The first-order chi connectivity index (χ1) is 16.1. The molecule has 0 saturated carbocycles. The van der Waals surface area contributed by atoms with Crippen molar-refractivity contribution in [1.29, 1.82) is 0 Å². The van der Waals surface area contributed by atoms with Crippen LogP contribution in [0.1, 0.15) is 48.8 Å². The second kappa shape index (κ2) is 8.20. The Morgan fingerprint density at radius 2 is 1.71 bits per heavy atom. The summed E-state index contributed by atoms with van der Waals surface area (Å²) in [6, 6.07) is 9.89. The lowest BCUT2D eigenvalue weighted by Gasteiger charge is -2.35. The zero-order chi connectivity index (χ0) is 24.3. The number of hydrogen-bond acceptors (Lipinski definition) is 4. The number of benzene rings is 2. The van der Waals surface area contributed by atoms with Gasteiger partial charge in [-0.25, -0.2) is 12.8 Å². The fourth-order valence-corrected chi connectivity index (χ4v) is 7.06. The molecule has 0 amide bonds. The molecular formula is C26H30FN3O3S. The lowest BCUT2D eigenvalue weighted by molar-refractivity contribution is 0.0913. The fraction of sp³-hybridized carbons (Fsp3) is 0.423. The predicted molar refractivity (Wildman–Crippen MR) is 131 cm³/mol. The molecule has 5 rings (SSSR count). The van der Waals surface area contributed by atoms with Crippen LogP contribution in [-0.2, 0) is 22.9 Å². The quantitative estimate of drug-likeness (QED) is 0.592. The van der Waals surface area contributed by atoms with Gasteiger partial charge in [0.2, 0.25) is 10.0 Å². The third kappa shape index (κ3) is 3.92. The van der Waals surface area contributed by atoms with Gasteiger partial charge >= 0.3 is 0 Å². The van der Waals surface area contributed by atoms with Crippen LogP contribution >= 0.6 is 0 Å². The smallest absolute Gasteiger partial charge is 0.243 e. The Kier molecular flexibility index (Phi) is 5.56. The summed E-state index contributed by atoms with van der Waals surface area (Å²) >= 11 is 0. The number of hydrogen-bond donors (Lipinski definition) is 1. The van der Waals surface area contributed by atoms with Crippen molar-refractivity contribution in [2.45, 2.75) is 44.9 Å². The van der Waals surface area contributed by atoms with Crippen molar-refractivity contribution in [3.05, 3.63) is 59.0 Å². The number of fused-ring (bicyclic) bond motifs is 3. The number of aryl methyl sites for hydroxylation is 1. The average Bonchev–Trinajstić information content (AvgIpc) is 3.15. The van der Waals surface area contributed by atoms with E-state index in [-0.39, 0.29) is 17.0 Å². The number of carbonyl (C=O) groups excluding carboxylic acids is 1. The van der Waals surface area contributed by atoms with E-state index in [0.717, 1.165) is 34.3 Å². The van der Waals surface area contributed by atoms with Crippen LogP contribution in [0.25, 0.3) is 10.9 Å². The first kappa shape index (κ1) is 23.1. The van der Waals surface area contributed by atoms with Crippen LogP contribution in [0, 0.1) is 11.2 Å². The van der Waals surface area contributed by atoms with Gasteiger partial charge in [-0.15, -0.1) is 0 Å². The Morgan fingerprint density at radius 1 is 1.03 bits per heavy atom. The molecule has 34 heavy (non-hydrogen) atoms. The molecule has 1 fully saturated rings. The van der Waals surface area contributed by atoms with Gasteiger partial charge in [0.25, 0.3) is 0 Å². The van der Waals surface area contributed by atoms with E-state index < -0.39 is 10.0 Å². The Labute approximate surface area is 199 Å². The zero-order valence-electron chi connectivity index (χ0n) is 19.8. The number of ketones is 1. The lowest BCUT2D eigenvalue weighted by atomic mass is 9.76. The zero-order valence-corrected chi connectivity index (χ0v) is 20.6. The maximum absolute atomic E-state index is 13.7. The van der Waals surface area contributed by atoms with E-state index in [1.165, 1.54) is 16.4 Å². The fourth-order valence-electron chi connectivity index (χ4n) is 5.33. The van der Waals surface area contributed by atoms with Crippen molar-refractivity contribution in [1.82, 2.24) is 9.29 Å². The van der Waals surface area contributed by atoms with Crippen molar-refractivity contribution in [2.24, 2.45) is 5.41 Å². The van der Waals surface area contributed by atoms with Crippen molar-refractivity contribution in [2.75, 3.05) is 31.1 Å². The Hall–Kier alpha value is -2.71. The van der Waals surface area contributed by atoms with Gasteiger partial charge in [-0.1, -0.05) is 20.8 Å². The number of nitrogens with one attached hydrogen (secondary N) is 1. The highest BCUT2D eigenvalue weighted by atomic mass is 32.2. The van der Waals surface area contributed by atoms with Crippen molar-refractivity contribution < 1.29 is 17.6 Å². The summed E-state index contributed by atoms with van der Waals surface area (Å²) in [5.41, 5.74) is 3.84. The molecular weight excluding hydrogens is 453 g/mol. The van der Waals surface area contributed by atoms with Crippen LogP contribution in [0.2, 0.25) is 0 Å². The van der Waals surface area contributed by atoms with E-state index in [1.54, 1.807) is 18.2 Å². The van der Waals surface area contributed by atoms with Crippen LogP contribution in [0.15, 0.2) is 41.3 Å². The van der Waals surface area contributed by atoms with Crippen molar-refractivity contribution >= 4 is 32.4 Å². The number of rotatable bonds is 4. The van der Waals surface area contributed by atoms with Crippen LogP contribution < -0.4 is 4.90 Å². The molecule has 6 nitrogen and oxygen atoms in total. The summed E-state index contributed by atoms with van der Waals surface area (Å²) in [4.78, 5) is 18.6. The third-order valence-corrected chi connectivity index (χ3v) is 9.04. The summed E-state index contributed by atoms with van der Waals surface area (Å²) in [6.07, 6.45) is 1.81. The number of nitrogens with zero attached hydrogens (tertiary/aromatic N) is 2. The summed E-state index contributed by atoms with van der Waals surface area (Å²) in [5, 5.41) is 0.826. The number of H-pyrrole nitrogens is 1. The molecule has 0 radical (unpaired) electrons. The normalized spacial score (nSPS) is 18.9. The van der Waals surface area contributed by atoms with Gasteiger partial charge < -0.3 is 9.88 Å². The topological polar surface area (TPSA) is 73.5 Å². The number of aromatic nitrogens is 1. The molecule has 3 aromatic rings. The van der Waals surface area contributed by atoms with E-state index in [1.807, 2.05) is 13.0 Å². The van der Waals surface area contributed by atoms with Gasteiger partial charge in [0.15, 0.2) is 5.78 Å². The van der Waals surface area contributed by atoms with Crippen LogP contribution in [0.5, 0.6) is 0 Å². The maximum Gasteiger partial charge on any atom is 0.243 e.